The first-order valence-electron chi connectivity index (χ1n) is 6.10. The number of nitrogens with one attached hydrogen (secondary N) is 2. The predicted molar refractivity (Wildman–Crippen MR) is 78.6 cm³/mol. The molecule has 0 radical (unpaired) electrons. The first-order valence-corrected chi connectivity index (χ1v) is 7.99. The summed E-state index contributed by atoms with van der Waals surface area (Å²) in [6, 6.07) is 10.1. The van der Waals surface area contributed by atoms with E-state index in [0.29, 0.717) is 11.4 Å². The van der Waals surface area contributed by atoms with Crippen LogP contribution in [-0.4, -0.2) is 14.7 Å². The standard InChI is InChI=1S/C14H14F2N2O2S/c1-21(19,20)18-11-5-2-4-10(8-11)17-9-12-13(15)6-3-7-14(12)16/h2-8,17-18H,9H2,1H3. The molecule has 21 heavy (non-hydrogen) atoms. The number of hydrogen-bond donors (Lipinski definition) is 2. The molecule has 0 saturated heterocycles. The van der Waals surface area contributed by atoms with Crippen molar-refractivity contribution in [2.75, 3.05) is 16.3 Å². The molecule has 0 atom stereocenters. The van der Waals surface area contributed by atoms with E-state index in [4.69, 9.17) is 0 Å². The van der Waals surface area contributed by atoms with Crippen molar-refractivity contribution in [1.29, 1.82) is 0 Å². The summed E-state index contributed by atoms with van der Waals surface area (Å²) in [6.07, 6.45) is 1.04. The Balaban J connectivity index is 2.12. The van der Waals surface area contributed by atoms with E-state index in [1.165, 1.54) is 18.2 Å². The van der Waals surface area contributed by atoms with Crippen LogP contribution in [0.25, 0.3) is 0 Å². The minimum Gasteiger partial charge on any atom is -0.381 e. The lowest BCUT2D eigenvalue weighted by molar-refractivity contribution is 0.560. The van der Waals surface area contributed by atoms with Gasteiger partial charge in [0.05, 0.1) is 11.9 Å². The molecule has 0 bridgehead atoms. The Morgan fingerprint density at radius 1 is 1.00 bits per heavy atom. The third kappa shape index (κ3) is 4.42. The predicted octanol–water partition coefficient (Wildman–Crippen LogP) is 2.95. The van der Waals surface area contributed by atoms with Crippen molar-refractivity contribution >= 4 is 21.4 Å². The maximum absolute atomic E-state index is 13.5. The van der Waals surface area contributed by atoms with Crippen molar-refractivity contribution in [2.24, 2.45) is 0 Å². The first kappa shape index (κ1) is 15.2. The average Bonchev–Trinajstić information content (AvgIpc) is 2.36. The first-order chi connectivity index (χ1) is 9.85. The molecule has 0 aliphatic heterocycles. The second-order valence-electron chi connectivity index (χ2n) is 4.51. The van der Waals surface area contributed by atoms with Crippen LogP contribution < -0.4 is 10.0 Å². The summed E-state index contributed by atoms with van der Waals surface area (Å²) < 4.78 is 51.6. The third-order valence-corrected chi connectivity index (χ3v) is 3.30. The number of sulfonamides is 1. The molecule has 2 aromatic rings. The second-order valence-corrected chi connectivity index (χ2v) is 6.26. The van der Waals surface area contributed by atoms with Crippen LogP contribution in [0.4, 0.5) is 20.2 Å². The summed E-state index contributed by atoms with van der Waals surface area (Å²) >= 11 is 0. The van der Waals surface area contributed by atoms with Gasteiger partial charge in [-0.3, -0.25) is 4.72 Å². The molecule has 0 saturated carbocycles. The molecule has 7 heteroatoms. The van der Waals surface area contributed by atoms with Gasteiger partial charge in [-0.15, -0.1) is 0 Å². The number of rotatable bonds is 5. The van der Waals surface area contributed by atoms with Gasteiger partial charge >= 0.3 is 0 Å². The molecule has 0 aliphatic rings. The number of halogens is 2. The summed E-state index contributed by atoms with van der Waals surface area (Å²) in [5.74, 6) is -1.26. The van der Waals surface area contributed by atoms with E-state index in [2.05, 4.69) is 10.0 Å². The third-order valence-electron chi connectivity index (χ3n) is 2.70. The highest BCUT2D eigenvalue weighted by molar-refractivity contribution is 7.92. The minimum absolute atomic E-state index is 0.0408. The lowest BCUT2D eigenvalue weighted by Gasteiger charge is -2.10. The Morgan fingerprint density at radius 3 is 2.19 bits per heavy atom. The van der Waals surface area contributed by atoms with E-state index < -0.39 is 21.7 Å². The second kappa shape index (κ2) is 6.09. The van der Waals surface area contributed by atoms with Gasteiger partial charge in [0.1, 0.15) is 11.6 Å². The lowest BCUT2D eigenvalue weighted by atomic mass is 10.2. The Labute approximate surface area is 121 Å². The Morgan fingerprint density at radius 2 is 1.57 bits per heavy atom. The minimum atomic E-state index is -3.37. The van der Waals surface area contributed by atoms with E-state index in [-0.39, 0.29) is 12.1 Å². The van der Waals surface area contributed by atoms with Gasteiger partial charge in [-0.1, -0.05) is 12.1 Å². The van der Waals surface area contributed by atoms with Gasteiger partial charge in [-0.05, 0) is 30.3 Å². The van der Waals surface area contributed by atoms with Crippen molar-refractivity contribution in [3.63, 3.8) is 0 Å². The Kier molecular flexibility index (Phi) is 4.42. The van der Waals surface area contributed by atoms with Gasteiger partial charge < -0.3 is 5.32 Å². The fourth-order valence-corrected chi connectivity index (χ4v) is 2.35. The topological polar surface area (TPSA) is 58.2 Å². The molecule has 0 unspecified atom stereocenters. The maximum Gasteiger partial charge on any atom is 0.229 e. The highest BCUT2D eigenvalue weighted by Crippen LogP contribution is 2.18. The monoisotopic (exact) mass is 312 g/mol. The van der Waals surface area contributed by atoms with Crippen LogP contribution in [0.15, 0.2) is 42.5 Å². The van der Waals surface area contributed by atoms with E-state index in [9.17, 15) is 17.2 Å². The molecule has 2 rings (SSSR count). The van der Waals surface area contributed by atoms with Crippen LogP contribution in [0.2, 0.25) is 0 Å². The van der Waals surface area contributed by atoms with Crippen LogP contribution in [0.5, 0.6) is 0 Å². The number of anilines is 2. The van der Waals surface area contributed by atoms with Crippen molar-refractivity contribution in [3.05, 3.63) is 59.7 Å². The smallest absolute Gasteiger partial charge is 0.229 e. The zero-order valence-corrected chi connectivity index (χ0v) is 12.0. The molecular weight excluding hydrogens is 298 g/mol. The van der Waals surface area contributed by atoms with Gasteiger partial charge in [0, 0.05) is 17.8 Å². The Hall–Kier alpha value is -2.15. The summed E-state index contributed by atoms with van der Waals surface area (Å²) in [4.78, 5) is 0. The molecule has 2 N–H and O–H groups in total. The zero-order chi connectivity index (χ0) is 15.5. The van der Waals surface area contributed by atoms with Crippen molar-refractivity contribution in [3.8, 4) is 0 Å². The van der Waals surface area contributed by atoms with E-state index >= 15 is 0 Å². The zero-order valence-electron chi connectivity index (χ0n) is 11.2. The van der Waals surface area contributed by atoms with E-state index in [1.54, 1.807) is 24.3 Å². The summed E-state index contributed by atoms with van der Waals surface area (Å²) in [5, 5.41) is 2.85. The average molecular weight is 312 g/mol. The van der Waals surface area contributed by atoms with Crippen molar-refractivity contribution < 1.29 is 17.2 Å². The van der Waals surface area contributed by atoms with Gasteiger partial charge in [-0.2, -0.15) is 0 Å². The molecule has 0 aromatic heterocycles. The maximum atomic E-state index is 13.5. The van der Waals surface area contributed by atoms with Gasteiger partial charge in [0.25, 0.3) is 0 Å². The van der Waals surface area contributed by atoms with E-state index in [1.807, 2.05) is 0 Å². The fourth-order valence-electron chi connectivity index (χ4n) is 1.80. The molecular formula is C14H14F2N2O2S. The molecule has 0 heterocycles. The van der Waals surface area contributed by atoms with Crippen LogP contribution in [0, 0.1) is 11.6 Å². The summed E-state index contributed by atoms with van der Waals surface area (Å²) in [6.45, 7) is -0.0408. The lowest BCUT2D eigenvalue weighted by Crippen LogP contribution is -2.10. The van der Waals surface area contributed by atoms with Crippen LogP contribution in [0.1, 0.15) is 5.56 Å². The summed E-state index contributed by atoms with van der Waals surface area (Å²) in [7, 11) is -3.37. The quantitative estimate of drug-likeness (QED) is 0.892. The van der Waals surface area contributed by atoms with Crippen LogP contribution in [0.3, 0.4) is 0 Å². The molecule has 4 nitrogen and oxygen atoms in total. The molecule has 112 valence electrons. The number of hydrogen-bond acceptors (Lipinski definition) is 3. The largest absolute Gasteiger partial charge is 0.381 e. The highest BCUT2D eigenvalue weighted by Gasteiger charge is 2.08. The molecule has 2 aromatic carbocycles. The Bertz CT molecular complexity index is 728. The molecule has 0 aliphatic carbocycles. The van der Waals surface area contributed by atoms with E-state index in [0.717, 1.165) is 6.26 Å². The van der Waals surface area contributed by atoms with Crippen LogP contribution in [-0.2, 0) is 16.6 Å². The van der Waals surface area contributed by atoms with Gasteiger partial charge in [0.15, 0.2) is 0 Å². The molecule has 0 spiro atoms. The van der Waals surface area contributed by atoms with Crippen molar-refractivity contribution in [1.82, 2.24) is 0 Å². The highest BCUT2D eigenvalue weighted by atomic mass is 32.2. The van der Waals surface area contributed by atoms with Gasteiger partial charge in [0.2, 0.25) is 10.0 Å². The number of benzene rings is 2. The summed E-state index contributed by atoms with van der Waals surface area (Å²) in [5.41, 5.74) is 0.849. The fraction of sp³-hybridized carbons (Fsp3) is 0.143. The molecule has 0 amide bonds. The van der Waals surface area contributed by atoms with Crippen LogP contribution >= 0.6 is 0 Å². The molecule has 0 fully saturated rings. The SMILES string of the molecule is CS(=O)(=O)Nc1cccc(NCc2c(F)cccc2F)c1. The van der Waals surface area contributed by atoms with Crippen molar-refractivity contribution in [2.45, 2.75) is 6.54 Å². The normalized spacial score (nSPS) is 11.2. The van der Waals surface area contributed by atoms with Gasteiger partial charge in [-0.25, -0.2) is 17.2 Å².